The molecule has 1 aliphatic rings. The van der Waals surface area contributed by atoms with Gasteiger partial charge in [0, 0.05) is 12.6 Å². The van der Waals surface area contributed by atoms with E-state index in [0.717, 1.165) is 22.5 Å². The van der Waals surface area contributed by atoms with Crippen LogP contribution in [0.15, 0.2) is 29.3 Å². The van der Waals surface area contributed by atoms with Crippen molar-refractivity contribution in [1.82, 2.24) is 5.32 Å². The summed E-state index contributed by atoms with van der Waals surface area (Å²) in [6.07, 6.45) is 8.38. The van der Waals surface area contributed by atoms with Gasteiger partial charge in [0.25, 0.3) is 0 Å². The molecule has 1 N–H and O–H groups in total. The number of ether oxygens (including phenoxy) is 2. The van der Waals surface area contributed by atoms with Crippen molar-refractivity contribution in [3.8, 4) is 11.5 Å². The molecule has 1 saturated carbocycles. The van der Waals surface area contributed by atoms with Crippen LogP contribution in [0.3, 0.4) is 0 Å². The first-order chi connectivity index (χ1) is 10.2. The number of methoxy groups -OCH3 is 1. The third kappa shape index (κ3) is 5.49. The van der Waals surface area contributed by atoms with Gasteiger partial charge in [-0.2, -0.15) is 0 Å². The average molecular weight is 391 g/mol. The molecule has 22 heavy (non-hydrogen) atoms. The maximum absolute atomic E-state index is 5.65. The smallest absolute Gasteiger partial charge is 0.175 e. The summed E-state index contributed by atoms with van der Waals surface area (Å²) in [6, 6.07) is 4.79. The van der Waals surface area contributed by atoms with Gasteiger partial charge in [0.05, 0.1) is 11.6 Å². The molecule has 0 amide bonds. The van der Waals surface area contributed by atoms with E-state index in [1.807, 2.05) is 6.07 Å². The standard InChI is InChI=1S/C17H24BrNO2.ClH/c1-3-9-21-17-15(18)10-13(11-16(17)20-2)12-19-14-7-5-4-6-8-14;/h3,10-11,14,19H,1,4-9,12H2,2H3;1H. The molecule has 2 rings (SSSR count). The van der Waals surface area contributed by atoms with Crippen LogP contribution >= 0.6 is 28.3 Å². The lowest BCUT2D eigenvalue weighted by Crippen LogP contribution is -2.30. The molecule has 3 nitrogen and oxygen atoms in total. The molecule has 0 aromatic heterocycles. The van der Waals surface area contributed by atoms with E-state index in [1.165, 1.54) is 37.7 Å². The molecule has 1 aliphatic carbocycles. The molecule has 1 fully saturated rings. The molecule has 1 aromatic carbocycles. The molecule has 0 radical (unpaired) electrons. The number of hydrogen-bond acceptors (Lipinski definition) is 3. The van der Waals surface area contributed by atoms with Crippen molar-refractivity contribution in [3.63, 3.8) is 0 Å². The number of halogens is 2. The van der Waals surface area contributed by atoms with Gasteiger partial charge in [0.2, 0.25) is 0 Å². The summed E-state index contributed by atoms with van der Waals surface area (Å²) in [5.41, 5.74) is 1.20. The molecule has 5 heteroatoms. The normalized spacial score (nSPS) is 15.0. The van der Waals surface area contributed by atoms with Gasteiger partial charge in [-0.25, -0.2) is 0 Å². The summed E-state index contributed by atoms with van der Waals surface area (Å²) in [5, 5.41) is 3.65. The van der Waals surface area contributed by atoms with Crippen LogP contribution in [0.1, 0.15) is 37.7 Å². The van der Waals surface area contributed by atoms with Gasteiger partial charge in [0.1, 0.15) is 6.61 Å². The average Bonchev–Trinajstić information content (AvgIpc) is 2.52. The molecule has 0 unspecified atom stereocenters. The Morgan fingerprint density at radius 1 is 1.32 bits per heavy atom. The van der Waals surface area contributed by atoms with E-state index in [-0.39, 0.29) is 12.4 Å². The van der Waals surface area contributed by atoms with Crippen molar-refractivity contribution >= 4 is 28.3 Å². The fourth-order valence-corrected chi connectivity index (χ4v) is 3.33. The molecule has 1 aromatic rings. The minimum absolute atomic E-state index is 0. The maximum Gasteiger partial charge on any atom is 0.175 e. The SMILES string of the molecule is C=CCOc1c(Br)cc(CNC2CCCCC2)cc1OC.Cl. The molecule has 0 saturated heterocycles. The highest BCUT2D eigenvalue weighted by molar-refractivity contribution is 9.10. The second kappa shape index (κ2) is 10.1. The Morgan fingerprint density at radius 2 is 2.05 bits per heavy atom. The lowest BCUT2D eigenvalue weighted by Gasteiger charge is -2.23. The first kappa shape index (κ1) is 19.3. The minimum atomic E-state index is 0. The summed E-state index contributed by atoms with van der Waals surface area (Å²) in [4.78, 5) is 0. The van der Waals surface area contributed by atoms with Gasteiger partial charge in [-0.1, -0.05) is 31.9 Å². The van der Waals surface area contributed by atoms with Gasteiger partial charge in [0.15, 0.2) is 11.5 Å². The predicted octanol–water partition coefficient (Wildman–Crippen LogP) is 4.87. The minimum Gasteiger partial charge on any atom is -0.493 e. The molecule has 0 heterocycles. The Labute approximate surface area is 148 Å². The van der Waals surface area contributed by atoms with Crippen LogP contribution in [-0.2, 0) is 6.54 Å². The van der Waals surface area contributed by atoms with Crippen molar-refractivity contribution in [1.29, 1.82) is 0 Å². The summed E-state index contributed by atoms with van der Waals surface area (Å²) in [6.45, 7) is 5.00. The molecule has 0 aliphatic heterocycles. The fraction of sp³-hybridized carbons (Fsp3) is 0.529. The summed E-state index contributed by atoms with van der Waals surface area (Å²) >= 11 is 3.57. The number of nitrogens with one attached hydrogen (secondary N) is 1. The third-order valence-corrected chi connectivity index (χ3v) is 4.42. The Balaban J connectivity index is 0.00000242. The van der Waals surface area contributed by atoms with Crippen molar-refractivity contribution in [2.24, 2.45) is 0 Å². The summed E-state index contributed by atoms with van der Waals surface area (Å²) in [7, 11) is 1.67. The van der Waals surface area contributed by atoms with Crippen LogP contribution in [-0.4, -0.2) is 19.8 Å². The van der Waals surface area contributed by atoms with E-state index >= 15 is 0 Å². The van der Waals surface area contributed by atoms with Crippen molar-refractivity contribution < 1.29 is 9.47 Å². The first-order valence-corrected chi connectivity index (χ1v) is 8.37. The van der Waals surface area contributed by atoms with Crippen LogP contribution in [0.5, 0.6) is 11.5 Å². The van der Waals surface area contributed by atoms with E-state index in [0.29, 0.717) is 12.6 Å². The largest absolute Gasteiger partial charge is 0.493 e. The fourth-order valence-electron chi connectivity index (χ4n) is 2.73. The highest BCUT2D eigenvalue weighted by Crippen LogP contribution is 2.36. The van der Waals surface area contributed by atoms with Crippen LogP contribution in [0.25, 0.3) is 0 Å². The molecule has 0 spiro atoms. The zero-order chi connectivity index (χ0) is 15.1. The molecular weight excluding hydrogens is 366 g/mol. The zero-order valence-corrected chi connectivity index (χ0v) is 15.5. The number of rotatable bonds is 7. The zero-order valence-electron chi connectivity index (χ0n) is 13.1. The highest BCUT2D eigenvalue weighted by Gasteiger charge is 2.14. The molecule has 0 bridgehead atoms. The van der Waals surface area contributed by atoms with Crippen molar-refractivity contribution in [2.45, 2.75) is 44.7 Å². The van der Waals surface area contributed by atoms with Crippen LogP contribution in [0, 0.1) is 0 Å². The van der Waals surface area contributed by atoms with Crippen molar-refractivity contribution in [2.75, 3.05) is 13.7 Å². The van der Waals surface area contributed by atoms with E-state index in [2.05, 4.69) is 33.9 Å². The van der Waals surface area contributed by atoms with Crippen LogP contribution in [0.4, 0.5) is 0 Å². The Kier molecular flexibility index (Phi) is 8.91. The summed E-state index contributed by atoms with van der Waals surface area (Å²) < 4.78 is 12.0. The second-order valence-electron chi connectivity index (χ2n) is 5.42. The number of hydrogen-bond donors (Lipinski definition) is 1. The summed E-state index contributed by atoms with van der Waals surface area (Å²) in [5.74, 6) is 1.49. The third-order valence-electron chi connectivity index (χ3n) is 3.83. The van der Waals surface area contributed by atoms with Gasteiger partial charge >= 0.3 is 0 Å². The van der Waals surface area contributed by atoms with E-state index < -0.39 is 0 Å². The lowest BCUT2D eigenvalue weighted by atomic mass is 9.95. The maximum atomic E-state index is 5.65. The van der Waals surface area contributed by atoms with Gasteiger partial charge < -0.3 is 14.8 Å². The van der Waals surface area contributed by atoms with E-state index in [9.17, 15) is 0 Å². The molecule has 124 valence electrons. The van der Waals surface area contributed by atoms with Crippen LogP contribution < -0.4 is 14.8 Å². The number of benzene rings is 1. The highest BCUT2D eigenvalue weighted by atomic mass is 79.9. The lowest BCUT2D eigenvalue weighted by molar-refractivity contribution is 0.323. The predicted molar refractivity (Wildman–Crippen MR) is 97.3 cm³/mol. The molecular formula is C17H25BrClNO2. The van der Waals surface area contributed by atoms with E-state index in [4.69, 9.17) is 9.47 Å². The molecule has 0 atom stereocenters. The van der Waals surface area contributed by atoms with Gasteiger partial charge in [-0.3, -0.25) is 0 Å². The van der Waals surface area contributed by atoms with Gasteiger partial charge in [-0.05, 0) is 46.5 Å². The quantitative estimate of drug-likeness (QED) is 0.674. The van der Waals surface area contributed by atoms with E-state index in [1.54, 1.807) is 13.2 Å². The Hall–Kier alpha value is -0.710. The van der Waals surface area contributed by atoms with Crippen molar-refractivity contribution in [3.05, 3.63) is 34.8 Å². The Bertz CT molecular complexity index is 476. The topological polar surface area (TPSA) is 30.5 Å². The monoisotopic (exact) mass is 389 g/mol. The Morgan fingerprint density at radius 3 is 2.68 bits per heavy atom. The first-order valence-electron chi connectivity index (χ1n) is 7.58. The second-order valence-corrected chi connectivity index (χ2v) is 6.28. The van der Waals surface area contributed by atoms with Gasteiger partial charge in [-0.15, -0.1) is 12.4 Å². The van der Waals surface area contributed by atoms with Crippen LogP contribution in [0.2, 0.25) is 0 Å².